The maximum absolute atomic E-state index is 13.9. The van der Waals surface area contributed by atoms with E-state index in [1.54, 1.807) is 25.1 Å². The van der Waals surface area contributed by atoms with Crippen LogP contribution in [0.1, 0.15) is 32.3 Å². The number of nitro benzene ring substituents is 1. The molecule has 2 amide bonds. The van der Waals surface area contributed by atoms with Gasteiger partial charge in [-0.25, -0.2) is 8.42 Å². The Morgan fingerprint density at radius 1 is 0.925 bits per heavy atom. The van der Waals surface area contributed by atoms with E-state index in [2.05, 4.69) is 5.32 Å². The molecule has 0 aliphatic rings. The minimum absolute atomic E-state index is 0.0373. The van der Waals surface area contributed by atoms with E-state index in [0.717, 1.165) is 16.3 Å². The maximum atomic E-state index is 13.9. The second kappa shape index (κ2) is 14.2. The van der Waals surface area contributed by atoms with Crippen LogP contribution in [-0.2, 0) is 26.0 Å². The lowest BCUT2D eigenvalue weighted by Gasteiger charge is -2.33. The van der Waals surface area contributed by atoms with E-state index >= 15 is 0 Å². The molecule has 0 unspecified atom stereocenters. The molecule has 10 nitrogen and oxygen atoms in total. The summed E-state index contributed by atoms with van der Waals surface area (Å²) in [5.74, 6) is -0.870. The van der Waals surface area contributed by atoms with Crippen LogP contribution in [0.3, 0.4) is 0 Å². The zero-order valence-electron chi connectivity index (χ0n) is 22.6. The molecular weight excluding hydrogens is 532 g/mol. The summed E-state index contributed by atoms with van der Waals surface area (Å²) in [6, 6.07) is 21.3. The van der Waals surface area contributed by atoms with Crippen LogP contribution in [-0.4, -0.2) is 55.7 Å². The molecule has 0 aliphatic heterocycles. The summed E-state index contributed by atoms with van der Waals surface area (Å²) in [6.07, 6.45) is 1.52. The number of anilines is 1. The summed E-state index contributed by atoms with van der Waals surface area (Å²) < 4.78 is 28.4. The quantitative estimate of drug-likeness (QED) is 0.230. The average molecular weight is 567 g/mol. The first kappa shape index (κ1) is 30.3. The minimum atomic E-state index is -4.23. The lowest BCUT2D eigenvalue weighted by molar-refractivity contribution is -0.384. The molecule has 0 aromatic heterocycles. The lowest BCUT2D eigenvalue weighted by Crippen LogP contribution is -2.53. The van der Waals surface area contributed by atoms with Gasteiger partial charge in [0.15, 0.2) is 0 Å². The highest BCUT2D eigenvalue weighted by molar-refractivity contribution is 7.92. The van der Waals surface area contributed by atoms with Crippen molar-refractivity contribution in [3.8, 4) is 0 Å². The number of hydrogen-bond donors (Lipinski definition) is 1. The number of carbonyl (C=O) groups is 2. The number of sulfonamides is 1. The molecular formula is C29H34N4O6S. The Hall–Kier alpha value is -4.25. The fourth-order valence-electron chi connectivity index (χ4n) is 4.25. The summed E-state index contributed by atoms with van der Waals surface area (Å²) in [4.78, 5) is 39.0. The van der Waals surface area contributed by atoms with Crippen LogP contribution < -0.4 is 9.62 Å². The van der Waals surface area contributed by atoms with Gasteiger partial charge in [0.25, 0.3) is 15.7 Å². The lowest BCUT2D eigenvalue weighted by atomic mass is 10.1. The smallest absolute Gasteiger partial charge is 0.269 e. The summed E-state index contributed by atoms with van der Waals surface area (Å²) >= 11 is 0. The summed E-state index contributed by atoms with van der Waals surface area (Å²) in [7, 11) is -4.23. The fourth-order valence-corrected chi connectivity index (χ4v) is 5.69. The summed E-state index contributed by atoms with van der Waals surface area (Å²) in [5.41, 5.74) is 0.845. The predicted octanol–water partition coefficient (Wildman–Crippen LogP) is 4.17. The van der Waals surface area contributed by atoms with E-state index in [9.17, 15) is 28.1 Å². The van der Waals surface area contributed by atoms with Crippen LogP contribution in [0.15, 0.2) is 89.8 Å². The van der Waals surface area contributed by atoms with Crippen molar-refractivity contribution in [3.05, 3.63) is 101 Å². The Morgan fingerprint density at radius 2 is 1.52 bits per heavy atom. The molecule has 212 valence electrons. The molecule has 1 N–H and O–H groups in total. The number of nitrogens with zero attached hydrogens (tertiary/aromatic N) is 3. The van der Waals surface area contributed by atoms with E-state index in [1.807, 2.05) is 37.3 Å². The zero-order chi connectivity index (χ0) is 29.1. The number of carbonyl (C=O) groups excluding carboxylic acids is 2. The van der Waals surface area contributed by atoms with Gasteiger partial charge in [-0.3, -0.25) is 24.0 Å². The molecule has 3 rings (SSSR count). The number of benzene rings is 3. The van der Waals surface area contributed by atoms with Crippen molar-refractivity contribution in [2.75, 3.05) is 23.9 Å². The molecule has 11 heteroatoms. The topological polar surface area (TPSA) is 130 Å². The average Bonchev–Trinajstić information content (AvgIpc) is 2.97. The third-order valence-corrected chi connectivity index (χ3v) is 8.17. The molecule has 0 fully saturated rings. The van der Waals surface area contributed by atoms with Crippen LogP contribution in [0.2, 0.25) is 0 Å². The SMILES string of the molecule is CCCNC(=O)[C@H](CC)N(CCc1ccccc1)C(=O)CN(c1ccc([N+](=O)[O-])cc1)S(=O)(=O)c1ccccc1. The van der Waals surface area contributed by atoms with E-state index in [-0.39, 0.29) is 28.7 Å². The standard InChI is InChI=1S/C29H34N4O6S/c1-3-20-30-29(35)27(4-2)31(21-19-23-11-7-5-8-12-23)28(34)22-32(24-15-17-25(18-16-24)33(36)37)40(38,39)26-13-9-6-10-14-26/h5-18,27H,3-4,19-22H2,1-2H3,(H,30,35)/t27-/m0/s1. The van der Waals surface area contributed by atoms with Crippen molar-refractivity contribution in [1.29, 1.82) is 0 Å². The third kappa shape index (κ3) is 7.66. The van der Waals surface area contributed by atoms with Crippen LogP contribution in [0.5, 0.6) is 0 Å². The maximum Gasteiger partial charge on any atom is 0.269 e. The van der Waals surface area contributed by atoms with Crippen molar-refractivity contribution in [2.24, 2.45) is 0 Å². The summed E-state index contributed by atoms with van der Waals surface area (Å²) in [6.45, 7) is 3.78. The van der Waals surface area contributed by atoms with Gasteiger partial charge in [-0.15, -0.1) is 0 Å². The Kier molecular flexibility index (Phi) is 10.8. The molecule has 0 saturated heterocycles. The molecule has 0 aliphatic carbocycles. The molecule has 1 atom stereocenters. The first-order chi connectivity index (χ1) is 19.2. The zero-order valence-corrected chi connectivity index (χ0v) is 23.4. The van der Waals surface area contributed by atoms with Crippen molar-refractivity contribution < 1.29 is 22.9 Å². The second-order valence-corrected chi connectivity index (χ2v) is 11.0. The Bertz CT molecular complexity index is 1380. The predicted molar refractivity (Wildman–Crippen MR) is 153 cm³/mol. The van der Waals surface area contributed by atoms with Gasteiger partial charge >= 0.3 is 0 Å². The number of nitro groups is 1. The van der Waals surface area contributed by atoms with Crippen molar-refractivity contribution in [3.63, 3.8) is 0 Å². The molecule has 0 radical (unpaired) electrons. The molecule has 40 heavy (non-hydrogen) atoms. The van der Waals surface area contributed by atoms with E-state index in [0.29, 0.717) is 19.4 Å². The highest BCUT2D eigenvalue weighted by Crippen LogP contribution is 2.26. The third-order valence-electron chi connectivity index (χ3n) is 6.38. The van der Waals surface area contributed by atoms with Gasteiger partial charge in [-0.05, 0) is 49.1 Å². The van der Waals surface area contributed by atoms with Crippen molar-refractivity contribution in [1.82, 2.24) is 10.2 Å². The van der Waals surface area contributed by atoms with E-state index in [4.69, 9.17) is 0 Å². The van der Waals surface area contributed by atoms with Crippen molar-refractivity contribution in [2.45, 2.75) is 44.0 Å². The molecule has 0 spiro atoms. The fraction of sp³-hybridized carbons (Fsp3) is 0.310. The first-order valence-corrected chi connectivity index (χ1v) is 14.6. The van der Waals surface area contributed by atoms with E-state index < -0.39 is 33.4 Å². The van der Waals surface area contributed by atoms with Gasteiger partial charge in [0.2, 0.25) is 11.8 Å². The number of nitrogens with one attached hydrogen (secondary N) is 1. The van der Waals surface area contributed by atoms with Gasteiger partial charge in [-0.1, -0.05) is 62.4 Å². The van der Waals surface area contributed by atoms with Gasteiger partial charge in [0.05, 0.1) is 15.5 Å². The van der Waals surface area contributed by atoms with Gasteiger partial charge in [-0.2, -0.15) is 0 Å². The van der Waals surface area contributed by atoms with Crippen LogP contribution in [0.25, 0.3) is 0 Å². The number of rotatable bonds is 14. The molecule has 3 aromatic carbocycles. The Balaban J connectivity index is 2.00. The van der Waals surface area contributed by atoms with Crippen molar-refractivity contribution >= 4 is 33.2 Å². The van der Waals surface area contributed by atoms with Crippen LogP contribution >= 0.6 is 0 Å². The van der Waals surface area contributed by atoms with Crippen LogP contribution in [0, 0.1) is 10.1 Å². The number of non-ortho nitro benzene ring substituents is 1. The Labute approximate surface area is 234 Å². The number of hydrogen-bond acceptors (Lipinski definition) is 6. The first-order valence-electron chi connectivity index (χ1n) is 13.1. The van der Waals surface area contributed by atoms with Gasteiger partial charge in [0, 0.05) is 25.2 Å². The second-order valence-electron chi connectivity index (χ2n) is 9.14. The normalized spacial score (nSPS) is 11.8. The van der Waals surface area contributed by atoms with Gasteiger partial charge < -0.3 is 10.2 Å². The van der Waals surface area contributed by atoms with E-state index in [1.165, 1.54) is 41.3 Å². The highest BCUT2D eigenvalue weighted by Gasteiger charge is 2.33. The summed E-state index contributed by atoms with van der Waals surface area (Å²) in [5, 5.41) is 14.0. The van der Waals surface area contributed by atoms with Gasteiger partial charge in [0.1, 0.15) is 12.6 Å². The molecule has 0 saturated carbocycles. The Morgan fingerprint density at radius 3 is 2.08 bits per heavy atom. The monoisotopic (exact) mass is 566 g/mol. The number of amides is 2. The molecule has 3 aromatic rings. The highest BCUT2D eigenvalue weighted by atomic mass is 32.2. The largest absolute Gasteiger partial charge is 0.354 e. The molecule has 0 bridgehead atoms. The molecule has 0 heterocycles. The van der Waals surface area contributed by atoms with Crippen LogP contribution in [0.4, 0.5) is 11.4 Å². The minimum Gasteiger partial charge on any atom is -0.354 e.